The molecule has 0 saturated carbocycles. The summed E-state index contributed by atoms with van der Waals surface area (Å²) in [4.78, 5) is 10.5. The molecular weight excluding hydrogens is 256 g/mol. The van der Waals surface area contributed by atoms with E-state index in [4.69, 9.17) is 0 Å². The van der Waals surface area contributed by atoms with Gasteiger partial charge in [-0.1, -0.05) is 39.3 Å². The van der Waals surface area contributed by atoms with E-state index < -0.39 is 6.10 Å². The van der Waals surface area contributed by atoms with Gasteiger partial charge in [0.25, 0.3) is 5.69 Å². The Labute approximate surface area is 120 Å². The Morgan fingerprint density at radius 3 is 2.65 bits per heavy atom. The summed E-state index contributed by atoms with van der Waals surface area (Å²) < 4.78 is 0. The van der Waals surface area contributed by atoms with Gasteiger partial charge in [0.15, 0.2) is 0 Å². The van der Waals surface area contributed by atoms with Gasteiger partial charge in [-0.15, -0.1) is 0 Å². The number of aliphatic hydroxyl groups is 1. The van der Waals surface area contributed by atoms with Crippen LogP contribution in [0.4, 0.5) is 5.69 Å². The highest BCUT2D eigenvalue weighted by Crippen LogP contribution is 2.23. The van der Waals surface area contributed by atoms with Crippen molar-refractivity contribution in [3.63, 3.8) is 0 Å². The molecular formula is C15H24N2O3. The van der Waals surface area contributed by atoms with Gasteiger partial charge in [0.2, 0.25) is 0 Å². The van der Waals surface area contributed by atoms with Crippen molar-refractivity contribution in [2.45, 2.75) is 45.8 Å². The standard InChI is InChI=1S/C15H24N2O3/c1-4-6-14(16-10-15(18)11(2)3)12-7-5-8-13(9-12)17(19)20/h5,7-9,11,14-16,18H,4,6,10H2,1-3H3. The van der Waals surface area contributed by atoms with Crippen molar-refractivity contribution < 1.29 is 10.0 Å². The molecule has 2 atom stereocenters. The van der Waals surface area contributed by atoms with Gasteiger partial charge in [0.05, 0.1) is 11.0 Å². The van der Waals surface area contributed by atoms with E-state index in [-0.39, 0.29) is 22.6 Å². The quantitative estimate of drug-likeness (QED) is 0.567. The first-order valence-electron chi connectivity index (χ1n) is 7.11. The van der Waals surface area contributed by atoms with Gasteiger partial charge >= 0.3 is 0 Å². The van der Waals surface area contributed by atoms with Crippen LogP contribution in [0.25, 0.3) is 0 Å². The fourth-order valence-electron chi connectivity index (χ4n) is 2.03. The lowest BCUT2D eigenvalue weighted by atomic mass is 10.0. The van der Waals surface area contributed by atoms with Crippen molar-refractivity contribution >= 4 is 5.69 Å². The predicted octanol–water partition coefficient (Wildman–Crippen LogP) is 3.04. The molecule has 0 saturated heterocycles. The Balaban J connectivity index is 2.79. The van der Waals surface area contributed by atoms with Crippen molar-refractivity contribution in [2.75, 3.05) is 6.54 Å². The third kappa shape index (κ3) is 4.90. The highest BCUT2D eigenvalue weighted by molar-refractivity contribution is 5.35. The Bertz CT molecular complexity index is 435. The van der Waals surface area contributed by atoms with Gasteiger partial charge in [-0.25, -0.2) is 0 Å². The fourth-order valence-corrected chi connectivity index (χ4v) is 2.03. The first kappa shape index (κ1) is 16.6. The number of nitrogens with one attached hydrogen (secondary N) is 1. The summed E-state index contributed by atoms with van der Waals surface area (Å²) in [5, 5.41) is 24.0. The molecule has 0 heterocycles. The molecule has 0 spiro atoms. The number of non-ortho nitro benzene ring substituents is 1. The zero-order valence-electron chi connectivity index (χ0n) is 12.4. The third-order valence-electron chi connectivity index (χ3n) is 3.40. The van der Waals surface area contributed by atoms with Crippen molar-refractivity contribution in [2.24, 2.45) is 5.92 Å². The normalized spacial score (nSPS) is 14.2. The average molecular weight is 280 g/mol. The maximum atomic E-state index is 10.8. The first-order chi connectivity index (χ1) is 9.45. The van der Waals surface area contributed by atoms with Crippen molar-refractivity contribution in [3.8, 4) is 0 Å². The molecule has 0 bridgehead atoms. The zero-order chi connectivity index (χ0) is 15.1. The number of nitro groups is 1. The molecule has 0 amide bonds. The Kier molecular flexibility index (Phi) is 6.61. The van der Waals surface area contributed by atoms with E-state index in [0.717, 1.165) is 18.4 Å². The van der Waals surface area contributed by atoms with Gasteiger partial charge in [-0.05, 0) is 17.9 Å². The average Bonchev–Trinajstić information content (AvgIpc) is 2.43. The zero-order valence-corrected chi connectivity index (χ0v) is 12.4. The van der Waals surface area contributed by atoms with E-state index in [2.05, 4.69) is 12.2 Å². The third-order valence-corrected chi connectivity index (χ3v) is 3.40. The summed E-state index contributed by atoms with van der Waals surface area (Å²) in [5.41, 5.74) is 1.01. The molecule has 20 heavy (non-hydrogen) atoms. The van der Waals surface area contributed by atoms with Crippen LogP contribution in [0.2, 0.25) is 0 Å². The number of aliphatic hydroxyl groups excluding tert-OH is 1. The van der Waals surface area contributed by atoms with Crippen molar-refractivity contribution in [1.82, 2.24) is 5.32 Å². The molecule has 0 aliphatic heterocycles. The predicted molar refractivity (Wildman–Crippen MR) is 79.6 cm³/mol. The number of benzene rings is 1. The highest BCUT2D eigenvalue weighted by atomic mass is 16.6. The number of rotatable bonds is 8. The summed E-state index contributed by atoms with van der Waals surface area (Å²) in [6, 6.07) is 6.73. The summed E-state index contributed by atoms with van der Waals surface area (Å²) in [5.74, 6) is 0.190. The second-order valence-electron chi connectivity index (χ2n) is 5.41. The summed E-state index contributed by atoms with van der Waals surface area (Å²) in [6.07, 6.45) is 1.44. The van der Waals surface area contributed by atoms with Crippen LogP contribution < -0.4 is 5.32 Å². The summed E-state index contributed by atoms with van der Waals surface area (Å²) in [7, 11) is 0. The fraction of sp³-hybridized carbons (Fsp3) is 0.600. The Morgan fingerprint density at radius 1 is 1.40 bits per heavy atom. The summed E-state index contributed by atoms with van der Waals surface area (Å²) >= 11 is 0. The molecule has 0 aromatic heterocycles. The van der Waals surface area contributed by atoms with Crippen molar-refractivity contribution in [3.05, 3.63) is 39.9 Å². The monoisotopic (exact) mass is 280 g/mol. The molecule has 1 aromatic rings. The first-order valence-corrected chi connectivity index (χ1v) is 7.11. The summed E-state index contributed by atoms with van der Waals surface area (Å²) in [6.45, 7) is 6.50. The Morgan fingerprint density at radius 2 is 2.10 bits per heavy atom. The largest absolute Gasteiger partial charge is 0.392 e. The molecule has 1 rings (SSSR count). The lowest BCUT2D eigenvalue weighted by molar-refractivity contribution is -0.384. The molecule has 0 aliphatic rings. The van der Waals surface area contributed by atoms with E-state index in [0.29, 0.717) is 6.54 Å². The number of nitro benzene ring substituents is 1. The molecule has 0 aliphatic carbocycles. The second kappa shape index (κ2) is 7.97. The minimum absolute atomic E-state index is 0.0355. The second-order valence-corrected chi connectivity index (χ2v) is 5.41. The maximum absolute atomic E-state index is 10.8. The minimum Gasteiger partial charge on any atom is -0.392 e. The van der Waals surface area contributed by atoms with E-state index in [1.54, 1.807) is 12.1 Å². The van der Waals surface area contributed by atoms with Crippen LogP contribution in [0.1, 0.15) is 45.2 Å². The number of hydrogen-bond donors (Lipinski definition) is 2. The molecule has 5 heteroatoms. The molecule has 0 radical (unpaired) electrons. The molecule has 0 fully saturated rings. The van der Waals surface area contributed by atoms with E-state index in [1.165, 1.54) is 6.07 Å². The van der Waals surface area contributed by atoms with E-state index in [1.807, 2.05) is 19.9 Å². The van der Waals surface area contributed by atoms with Gasteiger partial charge < -0.3 is 10.4 Å². The number of nitrogens with zero attached hydrogens (tertiary/aromatic N) is 1. The molecule has 2 unspecified atom stereocenters. The molecule has 112 valence electrons. The van der Waals surface area contributed by atoms with E-state index in [9.17, 15) is 15.2 Å². The molecule has 2 N–H and O–H groups in total. The maximum Gasteiger partial charge on any atom is 0.269 e. The van der Waals surface area contributed by atoms with Gasteiger partial charge in [0, 0.05) is 24.7 Å². The van der Waals surface area contributed by atoms with Gasteiger partial charge in [0.1, 0.15) is 0 Å². The van der Waals surface area contributed by atoms with Gasteiger partial charge in [-0.3, -0.25) is 10.1 Å². The van der Waals surface area contributed by atoms with Gasteiger partial charge in [-0.2, -0.15) is 0 Å². The number of hydrogen-bond acceptors (Lipinski definition) is 4. The van der Waals surface area contributed by atoms with Crippen LogP contribution in [-0.4, -0.2) is 22.7 Å². The minimum atomic E-state index is -0.409. The van der Waals surface area contributed by atoms with Crippen LogP contribution in [-0.2, 0) is 0 Å². The van der Waals surface area contributed by atoms with Crippen LogP contribution in [0.15, 0.2) is 24.3 Å². The van der Waals surface area contributed by atoms with Crippen LogP contribution >= 0.6 is 0 Å². The van der Waals surface area contributed by atoms with Crippen LogP contribution in [0.5, 0.6) is 0 Å². The SMILES string of the molecule is CCCC(NCC(O)C(C)C)c1cccc([N+](=O)[O-])c1. The topological polar surface area (TPSA) is 75.4 Å². The van der Waals surface area contributed by atoms with Crippen LogP contribution in [0, 0.1) is 16.0 Å². The molecule has 5 nitrogen and oxygen atoms in total. The Hall–Kier alpha value is -1.46. The van der Waals surface area contributed by atoms with Crippen LogP contribution in [0.3, 0.4) is 0 Å². The smallest absolute Gasteiger partial charge is 0.269 e. The van der Waals surface area contributed by atoms with E-state index >= 15 is 0 Å². The highest BCUT2D eigenvalue weighted by Gasteiger charge is 2.16. The molecule has 1 aromatic carbocycles. The lowest BCUT2D eigenvalue weighted by Gasteiger charge is -2.22. The lowest BCUT2D eigenvalue weighted by Crippen LogP contribution is -2.33. The van der Waals surface area contributed by atoms with Crippen molar-refractivity contribution in [1.29, 1.82) is 0 Å².